The van der Waals surface area contributed by atoms with Gasteiger partial charge in [-0.1, -0.05) is 23.2 Å². The standard InChI is InChI=1S/C15H11Cl2NO4/c16-9-1-6-12(13(17)7-9)15(21)18-10-2-4-11(5-3-10)22-8-14(19)20/h1-7H,8H2,(H,18,21)(H,19,20). The molecule has 2 aromatic carbocycles. The van der Waals surface area contributed by atoms with Gasteiger partial charge in [-0.25, -0.2) is 4.79 Å². The summed E-state index contributed by atoms with van der Waals surface area (Å²) in [6.45, 7) is -0.425. The third-order valence-corrected chi connectivity index (χ3v) is 3.20. The van der Waals surface area contributed by atoms with Crippen molar-refractivity contribution >= 4 is 40.8 Å². The summed E-state index contributed by atoms with van der Waals surface area (Å²) < 4.78 is 5.00. The van der Waals surface area contributed by atoms with Gasteiger partial charge in [-0.05, 0) is 42.5 Å². The van der Waals surface area contributed by atoms with Crippen molar-refractivity contribution in [2.75, 3.05) is 11.9 Å². The van der Waals surface area contributed by atoms with Crippen LogP contribution in [-0.4, -0.2) is 23.6 Å². The fourth-order valence-corrected chi connectivity index (χ4v) is 2.15. The number of carboxylic acids is 1. The number of rotatable bonds is 5. The number of benzene rings is 2. The van der Waals surface area contributed by atoms with Crippen molar-refractivity contribution in [3.63, 3.8) is 0 Å². The van der Waals surface area contributed by atoms with Gasteiger partial charge in [0.25, 0.3) is 5.91 Å². The number of carboxylic acid groups (broad SMARTS) is 1. The number of hydrogen-bond donors (Lipinski definition) is 2. The third kappa shape index (κ3) is 4.38. The number of carbonyl (C=O) groups is 2. The molecule has 0 heterocycles. The zero-order chi connectivity index (χ0) is 16.1. The zero-order valence-electron chi connectivity index (χ0n) is 11.2. The Labute approximate surface area is 136 Å². The lowest BCUT2D eigenvalue weighted by Crippen LogP contribution is -2.12. The Hall–Kier alpha value is -2.24. The minimum absolute atomic E-state index is 0.256. The maximum absolute atomic E-state index is 12.1. The van der Waals surface area contributed by atoms with E-state index in [1.54, 1.807) is 30.3 Å². The minimum atomic E-state index is -1.06. The van der Waals surface area contributed by atoms with Gasteiger partial charge in [0.15, 0.2) is 6.61 Å². The molecule has 2 aromatic rings. The van der Waals surface area contributed by atoms with E-state index in [1.807, 2.05) is 0 Å². The second-order valence-electron chi connectivity index (χ2n) is 4.29. The van der Waals surface area contributed by atoms with Crippen LogP contribution in [0.1, 0.15) is 10.4 Å². The van der Waals surface area contributed by atoms with Gasteiger partial charge in [-0.2, -0.15) is 0 Å². The largest absolute Gasteiger partial charge is 0.482 e. The van der Waals surface area contributed by atoms with E-state index in [-0.39, 0.29) is 10.9 Å². The summed E-state index contributed by atoms with van der Waals surface area (Å²) in [4.78, 5) is 22.5. The molecule has 1 amide bonds. The molecule has 0 bridgehead atoms. The molecular weight excluding hydrogens is 329 g/mol. The Morgan fingerprint density at radius 3 is 2.36 bits per heavy atom. The van der Waals surface area contributed by atoms with Gasteiger partial charge in [-0.15, -0.1) is 0 Å². The van der Waals surface area contributed by atoms with Gasteiger partial charge < -0.3 is 15.2 Å². The van der Waals surface area contributed by atoms with Crippen molar-refractivity contribution in [1.29, 1.82) is 0 Å². The predicted molar refractivity (Wildman–Crippen MR) is 84.0 cm³/mol. The van der Waals surface area contributed by atoms with E-state index in [1.165, 1.54) is 12.1 Å². The molecule has 0 unspecified atom stereocenters. The monoisotopic (exact) mass is 339 g/mol. The van der Waals surface area contributed by atoms with Crippen molar-refractivity contribution in [1.82, 2.24) is 0 Å². The van der Waals surface area contributed by atoms with Gasteiger partial charge in [-0.3, -0.25) is 4.79 Å². The maximum atomic E-state index is 12.1. The van der Waals surface area contributed by atoms with Crippen molar-refractivity contribution in [3.8, 4) is 5.75 Å². The lowest BCUT2D eigenvalue weighted by molar-refractivity contribution is -0.139. The topological polar surface area (TPSA) is 75.6 Å². The normalized spacial score (nSPS) is 10.1. The molecule has 5 nitrogen and oxygen atoms in total. The fourth-order valence-electron chi connectivity index (χ4n) is 1.65. The summed E-state index contributed by atoms with van der Waals surface area (Å²) in [5, 5.41) is 11.9. The van der Waals surface area contributed by atoms with Gasteiger partial charge in [0, 0.05) is 10.7 Å². The predicted octanol–water partition coefficient (Wildman–Crippen LogP) is 3.71. The molecule has 114 valence electrons. The van der Waals surface area contributed by atoms with Crippen LogP contribution in [0.2, 0.25) is 10.0 Å². The molecule has 7 heteroatoms. The first kappa shape index (κ1) is 16.1. The van der Waals surface area contributed by atoms with E-state index in [9.17, 15) is 9.59 Å². The van der Waals surface area contributed by atoms with Crippen LogP contribution >= 0.6 is 23.2 Å². The Bertz CT molecular complexity index is 701. The summed E-state index contributed by atoms with van der Waals surface area (Å²) >= 11 is 11.7. The highest BCUT2D eigenvalue weighted by Crippen LogP contribution is 2.22. The highest BCUT2D eigenvalue weighted by molar-refractivity contribution is 6.37. The summed E-state index contributed by atoms with van der Waals surface area (Å²) in [6, 6.07) is 10.9. The van der Waals surface area contributed by atoms with Gasteiger partial charge >= 0.3 is 5.97 Å². The smallest absolute Gasteiger partial charge is 0.341 e. The molecular formula is C15H11Cl2NO4. The van der Waals surface area contributed by atoms with Gasteiger partial charge in [0.2, 0.25) is 0 Å². The van der Waals surface area contributed by atoms with Crippen LogP contribution in [-0.2, 0) is 4.79 Å². The summed E-state index contributed by atoms with van der Waals surface area (Å²) in [5.74, 6) is -1.04. The number of aliphatic carboxylic acids is 1. The first-order valence-electron chi connectivity index (χ1n) is 6.17. The Kier molecular flexibility index (Phi) is 5.25. The summed E-state index contributed by atoms with van der Waals surface area (Å²) in [5.41, 5.74) is 0.830. The number of amides is 1. The van der Waals surface area contributed by atoms with Crippen LogP contribution in [0.25, 0.3) is 0 Å². The number of nitrogens with one attached hydrogen (secondary N) is 1. The third-order valence-electron chi connectivity index (χ3n) is 2.65. The Morgan fingerprint density at radius 1 is 1.09 bits per heavy atom. The van der Waals surface area contributed by atoms with E-state index in [0.717, 1.165) is 0 Å². The number of carbonyl (C=O) groups excluding carboxylic acids is 1. The molecule has 0 aliphatic heterocycles. The molecule has 22 heavy (non-hydrogen) atoms. The van der Waals surface area contributed by atoms with Gasteiger partial charge in [0.1, 0.15) is 5.75 Å². The maximum Gasteiger partial charge on any atom is 0.341 e. The Morgan fingerprint density at radius 2 is 1.77 bits per heavy atom. The van der Waals surface area contributed by atoms with E-state index < -0.39 is 12.6 Å². The molecule has 0 saturated heterocycles. The lowest BCUT2D eigenvalue weighted by atomic mass is 10.2. The minimum Gasteiger partial charge on any atom is -0.482 e. The summed E-state index contributed by atoms with van der Waals surface area (Å²) in [7, 11) is 0. The molecule has 0 atom stereocenters. The molecule has 0 aliphatic rings. The average Bonchev–Trinajstić information content (AvgIpc) is 2.46. The quantitative estimate of drug-likeness (QED) is 0.870. The second-order valence-corrected chi connectivity index (χ2v) is 5.13. The first-order valence-corrected chi connectivity index (χ1v) is 6.92. The van der Waals surface area contributed by atoms with Crippen LogP contribution in [0.15, 0.2) is 42.5 Å². The van der Waals surface area contributed by atoms with Crippen molar-refractivity contribution in [2.24, 2.45) is 0 Å². The number of ether oxygens (including phenoxy) is 1. The van der Waals surface area contributed by atoms with Crippen molar-refractivity contribution in [2.45, 2.75) is 0 Å². The summed E-state index contributed by atoms with van der Waals surface area (Å²) in [6.07, 6.45) is 0. The van der Waals surface area contributed by atoms with E-state index in [2.05, 4.69) is 5.32 Å². The number of halogens is 2. The molecule has 0 saturated carbocycles. The Balaban J connectivity index is 2.04. The van der Waals surface area contributed by atoms with E-state index in [0.29, 0.717) is 22.0 Å². The van der Waals surface area contributed by atoms with Crippen LogP contribution < -0.4 is 10.1 Å². The van der Waals surface area contributed by atoms with Crippen LogP contribution in [0, 0.1) is 0 Å². The highest BCUT2D eigenvalue weighted by atomic mass is 35.5. The SMILES string of the molecule is O=C(O)COc1ccc(NC(=O)c2ccc(Cl)cc2Cl)cc1. The van der Waals surface area contributed by atoms with Crippen LogP contribution in [0.3, 0.4) is 0 Å². The number of anilines is 1. The van der Waals surface area contributed by atoms with Crippen molar-refractivity contribution in [3.05, 3.63) is 58.1 Å². The molecule has 2 rings (SSSR count). The van der Waals surface area contributed by atoms with Crippen LogP contribution in [0.4, 0.5) is 5.69 Å². The molecule has 0 spiro atoms. The molecule has 0 aliphatic carbocycles. The second kappa shape index (κ2) is 7.15. The molecule has 0 radical (unpaired) electrons. The van der Waals surface area contributed by atoms with Crippen molar-refractivity contribution < 1.29 is 19.4 Å². The fraction of sp³-hybridized carbons (Fsp3) is 0.0667. The van der Waals surface area contributed by atoms with E-state index in [4.69, 9.17) is 33.0 Å². The van der Waals surface area contributed by atoms with E-state index >= 15 is 0 Å². The molecule has 0 aromatic heterocycles. The molecule has 2 N–H and O–H groups in total. The zero-order valence-corrected chi connectivity index (χ0v) is 12.7. The molecule has 0 fully saturated rings. The van der Waals surface area contributed by atoms with Crippen LogP contribution in [0.5, 0.6) is 5.75 Å². The van der Waals surface area contributed by atoms with Gasteiger partial charge in [0.05, 0.1) is 10.6 Å². The number of hydrogen-bond acceptors (Lipinski definition) is 3. The first-order chi connectivity index (χ1) is 10.5. The lowest BCUT2D eigenvalue weighted by Gasteiger charge is -2.08. The average molecular weight is 340 g/mol. The highest BCUT2D eigenvalue weighted by Gasteiger charge is 2.11.